The smallest absolute Gasteiger partial charge is 0.0492 e. The number of nitrogens with one attached hydrogen (secondary N) is 1. The summed E-state index contributed by atoms with van der Waals surface area (Å²) in [6.07, 6.45) is 8.49. The summed E-state index contributed by atoms with van der Waals surface area (Å²) in [4.78, 5) is 2.75. The Bertz CT molecular complexity index is 386. The minimum Gasteiger partial charge on any atom is -0.317 e. The van der Waals surface area contributed by atoms with E-state index in [2.05, 4.69) is 28.4 Å². The van der Waals surface area contributed by atoms with Crippen LogP contribution in [0.15, 0.2) is 12.3 Å². The quantitative estimate of drug-likeness (QED) is 0.868. The van der Waals surface area contributed by atoms with E-state index in [1.54, 1.807) is 0 Å². The minimum absolute atomic E-state index is 0.746. The van der Waals surface area contributed by atoms with Crippen LogP contribution in [0.4, 0.5) is 0 Å². The fourth-order valence-electron chi connectivity index (χ4n) is 3.77. The van der Waals surface area contributed by atoms with Crippen molar-refractivity contribution in [1.82, 2.24) is 20.0 Å². The van der Waals surface area contributed by atoms with Crippen LogP contribution in [0.3, 0.4) is 0 Å². The number of fused-ring (bicyclic) bond motifs is 2. The van der Waals surface area contributed by atoms with Gasteiger partial charge in [0.1, 0.15) is 0 Å². The van der Waals surface area contributed by atoms with Crippen LogP contribution in [-0.2, 0) is 13.5 Å². The van der Waals surface area contributed by atoms with E-state index < -0.39 is 0 Å². The molecule has 2 aliphatic heterocycles. The van der Waals surface area contributed by atoms with Gasteiger partial charge in [0.05, 0.1) is 0 Å². The average Bonchev–Trinajstić information content (AvgIpc) is 2.87. The summed E-state index contributed by atoms with van der Waals surface area (Å²) in [5.74, 6) is 0. The Morgan fingerprint density at radius 1 is 1.33 bits per heavy atom. The molecule has 2 aliphatic rings. The maximum atomic E-state index is 4.25. The number of hydrogen-bond acceptors (Lipinski definition) is 3. The van der Waals surface area contributed by atoms with Gasteiger partial charge in [-0.25, -0.2) is 0 Å². The highest BCUT2D eigenvalue weighted by molar-refractivity contribution is 5.03. The molecule has 0 amide bonds. The van der Waals surface area contributed by atoms with Gasteiger partial charge in [-0.15, -0.1) is 0 Å². The molecule has 2 bridgehead atoms. The molecule has 1 aromatic heterocycles. The predicted octanol–water partition coefficient (Wildman–Crippen LogP) is 1.18. The SMILES string of the molecule is CNC1CC2CCC(C1)N2CCc1ccnn1C. The van der Waals surface area contributed by atoms with Crippen LogP contribution in [-0.4, -0.2) is 46.4 Å². The van der Waals surface area contributed by atoms with Gasteiger partial charge in [0.15, 0.2) is 0 Å². The highest BCUT2D eigenvalue weighted by Gasteiger charge is 2.39. The van der Waals surface area contributed by atoms with Crippen LogP contribution in [0.2, 0.25) is 0 Å². The number of nitrogens with zero attached hydrogens (tertiary/aromatic N) is 3. The molecule has 0 aliphatic carbocycles. The molecule has 3 rings (SSSR count). The van der Waals surface area contributed by atoms with Gasteiger partial charge in [0.25, 0.3) is 0 Å². The van der Waals surface area contributed by atoms with E-state index in [4.69, 9.17) is 0 Å². The molecule has 4 heteroatoms. The van der Waals surface area contributed by atoms with Crippen molar-refractivity contribution in [2.45, 2.75) is 50.2 Å². The number of aromatic nitrogens is 2. The van der Waals surface area contributed by atoms with Crippen LogP contribution in [0.1, 0.15) is 31.4 Å². The van der Waals surface area contributed by atoms with E-state index in [1.165, 1.54) is 37.9 Å². The molecule has 2 unspecified atom stereocenters. The largest absolute Gasteiger partial charge is 0.317 e. The fourth-order valence-corrected chi connectivity index (χ4v) is 3.77. The summed E-state index contributed by atoms with van der Waals surface area (Å²) in [5.41, 5.74) is 1.35. The van der Waals surface area contributed by atoms with Crippen LogP contribution in [0.5, 0.6) is 0 Å². The summed E-state index contributed by atoms with van der Waals surface area (Å²) in [6.45, 7) is 1.20. The molecule has 2 saturated heterocycles. The Morgan fingerprint density at radius 3 is 2.61 bits per heavy atom. The van der Waals surface area contributed by atoms with E-state index in [-0.39, 0.29) is 0 Å². The molecular formula is C14H24N4. The molecule has 2 fully saturated rings. The van der Waals surface area contributed by atoms with Crippen molar-refractivity contribution < 1.29 is 0 Å². The lowest BCUT2D eigenvalue weighted by Crippen LogP contribution is -2.48. The third-order valence-electron chi connectivity index (χ3n) is 4.84. The Balaban J connectivity index is 1.60. The van der Waals surface area contributed by atoms with Crippen LogP contribution < -0.4 is 5.32 Å². The van der Waals surface area contributed by atoms with Gasteiger partial charge in [-0.2, -0.15) is 5.10 Å². The molecule has 3 heterocycles. The molecule has 0 spiro atoms. The minimum atomic E-state index is 0.746. The highest BCUT2D eigenvalue weighted by Crippen LogP contribution is 2.35. The van der Waals surface area contributed by atoms with Crippen molar-refractivity contribution in [1.29, 1.82) is 0 Å². The van der Waals surface area contributed by atoms with E-state index in [0.29, 0.717) is 0 Å². The number of rotatable bonds is 4. The monoisotopic (exact) mass is 248 g/mol. The Hall–Kier alpha value is -0.870. The molecule has 100 valence electrons. The zero-order valence-electron chi connectivity index (χ0n) is 11.5. The van der Waals surface area contributed by atoms with Crippen LogP contribution >= 0.6 is 0 Å². The van der Waals surface area contributed by atoms with Gasteiger partial charge in [-0.3, -0.25) is 9.58 Å². The maximum Gasteiger partial charge on any atom is 0.0492 e. The van der Waals surface area contributed by atoms with Crippen LogP contribution in [0, 0.1) is 0 Å². The topological polar surface area (TPSA) is 33.1 Å². The first kappa shape index (κ1) is 12.2. The van der Waals surface area contributed by atoms with Gasteiger partial charge in [-0.1, -0.05) is 0 Å². The number of hydrogen-bond donors (Lipinski definition) is 1. The standard InChI is InChI=1S/C14H24N4/c1-15-11-9-13-3-4-14(10-11)18(13)8-6-12-5-7-16-17(12)2/h5,7,11,13-15H,3-4,6,8-10H2,1-2H3. The molecule has 0 radical (unpaired) electrons. The second kappa shape index (κ2) is 5.02. The molecule has 4 nitrogen and oxygen atoms in total. The molecule has 2 atom stereocenters. The van der Waals surface area contributed by atoms with Gasteiger partial charge in [0, 0.05) is 50.0 Å². The van der Waals surface area contributed by atoms with Crippen LogP contribution in [0.25, 0.3) is 0 Å². The van der Waals surface area contributed by atoms with Gasteiger partial charge >= 0.3 is 0 Å². The average molecular weight is 248 g/mol. The summed E-state index contributed by atoms with van der Waals surface area (Å²) in [7, 11) is 4.15. The van der Waals surface area contributed by atoms with Crippen molar-refractivity contribution in [3.05, 3.63) is 18.0 Å². The highest BCUT2D eigenvalue weighted by atomic mass is 15.3. The van der Waals surface area contributed by atoms with E-state index in [0.717, 1.165) is 24.5 Å². The summed E-state index contributed by atoms with van der Waals surface area (Å²) < 4.78 is 2.00. The number of piperidine rings is 1. The lowest BCUT2D eigenvalue weighted by Gasteiger charge is -2.38. The van der Waals surface area contributed by atoms with Gasteiger partial charge in [-0.05, 0) is 38.8 Å². The molecule has 1 aromatic rings. The van der Waals surface area contributed by atoms with Gasteiger partial charge < -0.3 is 5.32 Å². The van der Waals surface area contributed by atoms with E-state index in [1.807, 2.05) is 17.9 Å². The molecule has 0 saturated carbocycles. The first-order valence-electron chi connectivity index (χ1n) is 7.18. The normalized spacial score (nSPS) is 32.0. The zero-order chi connectivity index (χ0) is 12.5. The van der Waals surface area contributed by atoms with Crippen molar-refractivity contribution in [3.8, 4) is 0 Å². The third-order valence-corrected chi connectivity index (χ3v) is 4.84. The Morgan fingerprint density at radius 2 is 2.06 bits per heavy atom. The zero-order valence-corrected chi connectivity index (χ0v) is 11.5. The van der Waals surface area contributed by atoms with Crippen molar-refractivity contribution in [3.63, 3.8) is 0 Å². The van der Waals surface area contributed by atoms with Crippen molar-refractivity contribution >= 4 is 0 Å². The second-order valence-electron chi connectivity index (χ2n) is 5.78. The molecule has 1 N–H and O–H groups in total. The van der Waals surface area contributed by atoms with Crippen molar-refractivity contribution in [2.75, 3.05) is 13.6 Å². The summed E-state index contributed by atoms with van der Waals surface area (Å²) in [5, 5.41) is 7.71. The lowest BCUT2D eigenvalue weighted by molar-refractivity contribution is 0.120. The first-order chi connectivity index (χ1) is 8.78. The first-order valence-corrected chi connectivity index (χ1v) is 7.18. The summed E-state index contributed by atoms with van der Waals surface area (Å²) >= 11 is 0. The van der Waals surface area contributed by atoms with E-state index >= 15 is 0 Å². The van der Waals surface area contributed by atoms with Gasteiger partial charge in [0.2, 0.25) is 0 Å². The second-order valence-corrected chi connectivity index (χ2v) is 5.78. The van der Waals surface area contributed by atoms with E-state index in [9.17, 15) is 0 Å². The predicted molar refractivity (Wildman–Crippen MR) is 72.5 cm³/mol. The fraction of sp³-hybridized carbons (Fsp3) is 0.786. The number of aryl methyl sites for hydroxylation is 1. The Labute approximate surface area is 109 Å². The molecular weight excluding hydrogens is 224 g/mol. The summed E-state index contributed by atoms with van der Waals surface area (Å²) in [6, 6.07) is 4.52. The molecule has 18 heavy (non-hydrogen) atoms. The maximum absolute atomic E-state index is 4.25. The van der Waals surface area contributed by atoms with Crippen molar-refractivity contribution in [2.24, 2.45) is 7.05 Å². The molecule has 0 aromatic carbocycles. The Kier molecular flexibility index (Phi) is 3.39. The lowest BCUT2D eigenvalue weighted by atomic mass is 9.97. The third kappa shape index (κ3) is 2.19.